The standard InChI is InChI=1S/C15H15BrN2O3S/c16-13-7-6-12(22-13)14(19)18-11(9-17-15(20)21)8-10-4-2-1-3-5-10/h1-7,11,17H,8-9H2,(H,18,19)(H,20,21). The van der Waals surface area contributed by atoms with E-state index in [4.69, 9.17) is 5.11 Å². The zero-order valence-corrected chi connectivity index (χ0v) is 14.0. The van der Waals surface area contributed by atoms with Gasteiger partial charge in [0.25, 0.3) is 5.91 Å². The highest BCUT2D eigenvalue weighted by molar-refractivity contribution is 9.11. The zero-order valence-electron chi connectivity index (χ0n) is 11.6. The van der Waals surface area contributed by atoms with Crippen molar-refractivity contribution in [3.63, 3.8) is 0 Å². The van der Waals surface area contributed by atoms with Gasteiger partial charge in [-0.15, -0.1) is 11.3 Å². The monoisotopic (exact) mass is 382 g/mol. The van der Waals surface area contributed by atoms with E-state index in [1.54, 1.807) is 12.1 Å². The summed E-state index contributed by atoms with van der Waals surface area (Å²) < 4.78 is 0.876. The molecule has 0 saturated heterocycles. The first-order valence-corrected chi connectivity index (χ1v) is 8.22. The molecule has 0 saturated carbocycles. The Kier molecular flexibility index (Phi) is 5.97. The normalized spacial score (nSPS) is 11.7. The van der Waals surface area contributed by atoms with Crippen LogP contribution in [0.15, 0.2) is 46.3 Å². The summed E-state index contributed by atoms with van der Waals surface area (Å²) in [6.07, 6.45) is -0.550. The number of amides is 2. The molecule has 0 fully saturated rings. The summed E-state index contributed by atoms with van der Waals surface area (Å²) in [6, 6.07) is 12.9. The number of nitrogens with one attached hydrogen (secondary N) is 2. The van der Waals surface area contributed by atoms with E-state index < -0.39 is 6.09 Å². The maximum Gasteiger partial charge on any atom is 0.404 e. The Labute approximate surface area is 140 Å². The molecule has 2 amide bonds. The average Bonchev–Trinajstić information content (AvgIpc) is 2.92. The number of benzene rings is 1. The molecular weight excluding hydrogens is 368 g/mol. The third kappa shape index (κ3) is 5.16. The van der Waals surface area contributed by atoms with E-state index in [9.17, 15) is 9.59 Å². The van der Waals surface area contributed by atoms with Crippen molar-refractivity contribution in [1.82, 2.24) is 10.6 Å². The van der Waals surface area contributed by atoms with E-state index in [2.05, 4.69) is 26.6 Å². The number of carbonyl (C=O) groups is 2. The van der Waals surface area contributed by atoms with Gasteiger partial charge in [-0.25, -0.2) is 4.79 Å². The highest BCUT2D eigenvalue weighted by Crippen LogP contribution is 2.22. The van der Waals surface area contributed by atoms with E-state index in [-0.39, 0.29) is 18.5 Å². The summed E-state index contributed by atoms with van der Waals surface area (Å²) in [5, 5.41) is 14.0. The average molecular weight is 383 g/mol. The number of rotatable bonds is 6. The Bertz CT molecular complexity index is 645. The van der Waals surface area contributed by atoms with Crippen LogP contribution in [-0.2, 0) is 6.42 Å². The molecular formula is C15H15BrN2O3S. The van der Waals surface area contributed by atoms with Crippen LogP contribution in [-0.4, -0.2) is 29.7 Å². The largest absolute Gasteiger partial charge is 0.465 e. The number of thiophene rings is 1. The predicted molar refractivity (Wildman–Crippen MR) is 89.4 cm³/mol. The fourth-order valence-corrected chi connectivity index (χ4v) is 3.27. The van der Waals surface area contributed by atoms with Gasteiger partial charge in [-0.2, -0.15) is 0 Å². The molecule has 2 aromatic rings. The maximum absolute atomic E-state index is 12.2. The van der Waals surface area contributed by atoms with Crippen LogP contribution in [0, 0.1) is 0 Å². The van der Waals surface area contributed by atoms with Crippen LogP contribution in [0.5, 0.6) is 0 Å². The van der Waals surface area contributed by atoms with Crippen LogP contribution in [0.25, 0.3) is 0 Å². The van der Waals surface area contributed by atoms with Crippen LogP contribution in [0.3, 0.4) is 0 Å². The van der Waals surface area contributed by atoms with Gasteiger partial charge in [0.1, 0.15) is 0 Å². The lowest BCUT2D eigenvalue weighted by Gasteiger charge is -2.18. The van der Waals surface area contributed by atoms with Gasteiger partial charge in [0.2, 0.25) is 0 Å². The number of hydrogen-bond acceptors (Lipinski definition) is 3. The Balaban J connectivity index is 2.03. The van der Waals surface area contributed by atoms with Gasteiger partial charge >= 0.3 is 6.09 Å². The molecule has 116 valence electrons. The molecule has 0 aliphatic heterocycles. The molecule has 0 radical (unpaired) electrons. The molecule has 0 spiro atoms. The molecule has 1 heterocycles. The van der Waals surface area contributed by atoms with Crippen molar-refractivity contribution in [2.24, 2.45) is 0 Å². The Morgan fingerprint density at radius 2 is 1.91 bits per heavy atom. The van der Waals surface area contributed by atoms with Crippen LogP contribution < -0.4 is 10.6 Å². The number of halogens is 1. The second-order valence-corrected chi connectivity index (χ2v) is 7.11. The molecule has 3 N–H and O–H groups in total. The predicted octanol–water partition coefficient (Wildman–Crippen LogP) is 3.12. The van der Waals surface area contributed by atoms with Crippen molar-refractivity contribution in [3.8, 4) is 0 Å². The van der Waals surface area contributed by atoms with Crippen molar-refractivity contribution in [2.45, 2.75) is 12.5 Å². The first kappa shape index (κ1) is 16.5. The molecule has 7 heteroatoms. The Morgan fingerprint density at radius 3 is 2.50 bits per heavy atom. The summed E-state index contributed by atoms with van der Waals surface area (Å²) in [6.45, 7) is 0.155. The van der Waals surface area contributed by atoms with E-state index in [0.717, 1.165) is 9.35 Å². The van der Waals surface area contributed by atoms with E-state index in [0.29, 0.717) is 11.3 Å². The van der Waals surface area contributed by atoms with Crippen molar-refractivity contribution in [2.75, 3.05) is 6.54 Å². The van der Waals surface area contributed by atoms with Crippen molar-refractivity contribution in [1.29, 1.82) is 0 Å². The Morgan fingerprint density at radius 1 is 1.18 bits per heavy atom. The lowest BCUT2D eigenvalue weighted by molar-refractivity contribution is 0.0939. The number of hydrogen-bond donors (Lipinski definition) is 3. The number of carboxylic acid groups (broad SMARTS) is 1. The fourth-order valence-electron chi connectivity index (χ4n) is 1.98. The van der Waals surface area contributed by atoms with Crippen molar-refractivity contribution in [3.05, 3.63) is 56.7 Å². The minimum atomic E-state index is -1.11. The van der Waals surface area contributed by atoms with Gasteiger partial charge < -0.3 is 15.7 Å². The second kappa shape index (κ2) is 7.95. The first-order chi connectivity index (χ1) is 10.5. The zero-order chi connectivity index (χ0) is 15.9. The van der Waals surface area contributed by atoms with Gasteiger partial charge in [0.15, 0.2) is 0 Å². The lowest BCUT2D eigenvalue weighted by Crippen LogP contribution is -2.44. The molecule has 2 rings (SSSR count). The highest BCUT2D eigenvalue weighted by Gasteiger charge is 2.16. The Hall–Kier alpha value is -1.86. The van der Waals surface area contributed by atoms with E-state index >= 15 is 0 Å². The smallest absolute Gasteiger partial charge is 0.404 e. The summed E-state index contributed by atoms with van der Waals surface area (Å²) in [4.78, 5) is 23.5. The number of carbonyl (C=O) groups excluding carboxylic acids is 1. The summed E-state index contributed by atoms with van der Waals surface area (Å²) in [7, 11) is 0. The minimum absolute atomic E-state index is 0.155. The first-order valence-electron chi connectivity index (χ1n) is 6.61. The molecule has 0 bridgehead atoms. The third-order valence-electron chi connectivity index (χ3n) is 2.96. The molecule has 1 aromatic carbocycles. The SMILES string of the molecule is O=C(O)NCC(Cc1ccccc1)NC(=O)c1ccc(Br)s1. The summed E-state index contributed by atoms with van der Waals surface area (Å²) >= 11 is 4.66. The lowest BCUT2D eigenvalue weighted by atomic mass is 10.1. The topological polar surface area (TPSA) is 78.4 Å². The van der Waals surface area contributed by atoms with Gasteiger partial charge in [0, 0.05) is 6.54 Å². The van der Waals surface area contributed by atoms with E-state index in [1.165, 1.54) is 11.3 Å². The molecule has 0 aliphatic carbocycles. The maximum atomic E-state index is 12.2. The van der Waals surface area contributed by atoms with E-state index in [1.807, 2.05) is 30.3 Å². The highest BCUT2D eigenvalue weighted by atomic mass is 79.9. The van der Waals surface area contributed by atoms with Crippen LogP contribution in [0.4, 0.5) is 4.79 Å². The fraction of sp³-hybridized carbons (Fsp3) is 0.200. The molecule has 22 heavy (non-hydrogen) atoms. The van der Waals surface area contributed by atoms with Crippen LogP contribution in [0.2, 0.25) is 0 Å². The molecule has 1 atom stereocenters. The molecule has 1 aromatic heterocycles. The molecule has 0 aliphatic rings. The molecule has 5 nitrogen and oxygen atoms in total. The van der Waals surface area contributed by atoms with Gasteiger partial charge in [-0.3, -0.25) is 4.79 Å². The molecule has 1 unspecified atom stereocenters. The minimum Gasteiger partial charge on any atom is -0.465 e. The van der Waals surface area contributed by atoms with Crippen LogP contribution >= 0.6 is 27.3 Å². The van der Waals surface area contributed by atoms with Gasteiger partial charge in [-0.1, -0.05) is 30.3 Å². The van der Waals surface area contributed by atoms with Gasteiger partial charge in [0.05, 0.1) is 14.7 Å². The van der Waals surface area contributed by atoms with Crippen molar-refractivity contribution >= 4 is 39.3 Å². The third-order valence-corrected chi connectivity index (χ3v) is 4.58. The second-order valence-electron chi connectivity index (χ2n) is 4.65. The van der Waals surface area contributed by atoms with Crippen LogP contribution in [0.1, 0.15) is 15.2 Å². The summed E-state index contributed by atoms with van der Waals surface area (Å²) in [5.41, 5.74) is 1.03. The van der Waals surface area contributed by atoms with Gasteiger partial charge in [-0.05, 0) is 40.0 Å². The summed E-state index contributed by atoms with van der Waals surface area (Å²) in [5.74, 6) is -0.205. The van der Waals surface area contributed by atoms with Crippen molar-refractivity contribution < 1.29 is 14.7 Å². The quantitative estimate of drug-likeness (QED) is 0.717.